The predicted octanol–water partition coefficient (Wildman–Crippen LogP) is 5.92. The Morgan fingerprint density at radius 1 is 0.815 bits per heavy atom. The SMILES string of the molecule is C[N+](C)(C)CCOP(=O)(O)OCCCCC1CCCCCCCCCCC1. The van der Waals surface area contributed by atoms with Crippen LogP contribution in [0.5, 0.6) is 0 Å². The van der Waals surface area contributed by atoms with Crippen molar-refractivity contribution in [1.82, 2.24) is 0 Å². The van der Waals surface area contributed by atoms with Crippen LogP contribution in [0.25, 0.3) is 0 Å². The second kappa shape index (κ2) is 14.1. The number of phosphoric ester groups is 1. The van der Waals surface area contributed by atoms with Crippen LogP contribution in [-0.4, -0.2) is 50.3 Å². The molecule has 6 heteroatoms. The molecule has 1 atom stereocenters. The Morgan fingerprint density at radius 2 is 1.30 bits per heavy atom. The Balaban J connectivity index is 2.15. The van der Waals surface area contributed by atoms with Crippen molar-refractivity contribution in [2.75, 3.05) is 40.9 Å². The summed E-state index contributed by atoms with van der Waals surface area (Å²) in [7, 11) is 2.18. The highest BCUT2D eigenvalue weighted by Gasteiger charge is 2.22. The zero-order valence-corrected chi connectivity index (χ0v) is 19.1. The molecule has 1 aliphatic rings. The number of phosphoric acid groups is 1. The highest BCUT2D eigenvalue weighted by atomic mass is 31.2. The van der Waals surface area contributed by atoms with E-state index < -0.39 is 7.82 Å². The molecule has 5 nitrogen and oxygen atoms in total. The van der Waals surface area contributed by atoms with E-state index in [0.717, 1.165) is 18.8 Å². The summed E-state index contributed by atoms with van der Waals surface area (Å²) in [5.41, 5.74) is 0. The van der Waals surface area contributed by atoms with Gasteiger partial charge in [-0.25, -0.2) is 4.57 Å². The van der Waals surface area contributed by atoms with Crippen LogP contribution in [0.1, 0.15) is 89.9 Å². The number of nitrogens with zero attached hydrogens (tertiary/aromatic N) is 1. The Bertz CT molecular complexity index is 399. The molecule has 0 aromatic carbocycles. The number of unbranched alkanes of at least 4 members (excludes halogenated alkanes) is 1. The normalized spacial score (nSPS) is 21.2. The van der Waals surface area contributed by atoms with Gasteiger partial charge in [0.1, 0.15) is 13.2 Å². The molecule has 0 aromatic rings. The van der Waals surface area contributed by atoms with Gasteiger partial charge in [-0.15, -0.1) is 0 Å². The van der Waals surface area contributed by atoms with Gasteiger partial charge in [0.2, 0.25) is 0 Å². The molecule has 1 fully saturated rings. The van der Waals surface area contributed by atoms with Crippen molar-refractivity contribution in [3.63, 3.8) is 0 Å². The lowest BCUT2D eigenvalue weighted by Gasteiger charge is -2.24. The third kappa shape index (κ3) is 15.6. The van der Waals surface area contributed by atoms with Crippen molar-refractivity contribution in [2.45, 2.75) is 89.9 Å². The fourth-order valence-electron chi connectivity index (χ4n) is 3.72. The van der Waals surface area contributed by atoms with E-state index in [0.29, 0.717) is 17.6 Å². The van der Waals surface area contributed by atoms with Gasteiger partial charge in [-0.05, 0) is 12.3 Å². The van der Waals surface area contributed by atoms with E-state index in [2.05, 4.69) is 0 Å². The summed E-state index contributed by atoms with van der Waals surface area (Å²) in [6, 6.07) is 0. The first kappa shape index (κ1) is 25.1. The second-order valence-electron chi connectivity index (χ2n) is 9.27. The van der Waals surface area contributed by atoms with Gasteiger partial charge in [0.05, 0.1) is 27.7 Å². The first-order valence-corrected chi connectivity index (χ1v) is 12.7. The van der Waals surface area contributed by atoms with Gasteiger partial charge in [0.25, 0.3) is 0 Å². The average molecular weight is 407 g/mol. The molecule has 1 saturated carbocycles. The Hall–Kier alpha value is 0.0700. The van der Waals surface area contributed by atoms with Crippen LogP contribution in [-0.2, 0) is 13.6 Å². The second-order valence-corrected chi connectivity index (χ2v) is 10.7. The standard InChI is InChI=1S/C21H44NO4P/c1-22(2,3)18-20-26-27(23,24)25-19-14-13-17-21-15-11-9-7-5-4-6-8-10-12-16-21/h21H,4-20H2,1-3H3/p+1. The lowest BCUT2D eigenvalue weighted by atomic mass is 9.89. The number of hydrogen-bond donors (Lipinski definition) is 1. The number of quaternary nitrogens is 1. The third-order valence-corrected chi connectivity index (χ3v) is 6.52. The van der Waals surface area contributed by atoms with Crippen molar-refractivity contribution >= 4 is 7.82 Å². The Kier molecular flexibility index (Phi) is 13.1. The summed E-state index contributed by atoms with van der Waals surface area (Å²) >= 11 is 0. The van der Waals surface area contributed by atoms with Crippen LogP contribution in [0.2, 0.25) is 0 Å². The minimum Gasteiger partial charge on any atom is -0.329 e. The summed E-state index contributed by atoms with van der Waals surface area (Å²) in [4.78, 5) is 9.74. The van der Waals surface area contributed by atoms with Crippen molar-refractivity contribution in [2.24, 2.45) is 5.92 Å². The monoisotopic (exact) mass is 406 g/mol. The van der Waals surface area contributed by atoms with E-state index in [1.54, 1.807) is 0 Å². The first-order valence-electron chi connectivity index (χ1n) is 11.2. The lowest BCUT2D eigenvalue weighted by molar-refractivity contribution is -0.870. The molecular weight excluding hydrogens is 361 g/mol. The molecule has 1 unspecified atom stereocenters. The van der Waals surface area contributed by atoms with Crippen LogP contribution in [0.3, 0.4) is 0 Å². The van der Waals surface area contributed by atoms with Gasteiger partial charge in [-0.2, -0.15) is 0 Å². The highest BCUT2D eigenvalue weighted by Crippen LogP contribution is 2.43. The van der Waals surface area contributed by atoms with E-state index in [4.69, 9.17) is 9.05 Å². The van der Waals surface area contributed by atoms with Crippen LogP contribution >= 0.6 is 7.82 Å². The topological polar surface area (TPSA) is 55.8 Å². The molecule has 0 aliphatic heterocycles. The summed E-state index contributed by atoms with van der Waals surface area (Å²) in [6.45, 7) is 1.22. The Labute approximate surface area is 168 Å². The third-order valence-electron chi connectivity index (χ3n) is 5.50. The zero-order chi connectivity index (χ0) is 20.0. The van der Waals surface area contributed by atoms with E-state index in [9.17, 15) is 9.46 Å². The predicted molar refractivity (Wildman–Crippen MR) is 113 cm³/mol. The number of likely N-dealkylation sites (N-methyl/N-ethyl adjacent to an activating group) is 1. The molecule has 27 heavy (non-hydrogen) atoms. The number of rotatable bonds is 10. The maximum absolute atomic E-state index is 11.9. The minimum absolute atomic E-state index is 0.235. The average Bonchev–Trinajstić information content (AvgIpc) is 2.55. The summed E-state index contributed by atoms with van der Waals surface area (Å²) in [5.74, 6) is 0.825. The van der Waals surface area contributed by atoms with Gasteiger partial charge in [-0.3, -0.25) is 9.05 Å². The fourth-order valence-corrected chi connectivity index (χ4v) is 4.47. The lowest BCUT2D eigenvalue weighted by Crippen LogP contribution is -2.37. The minimum atomic E-state index is -3.89. The molecule has 0 amide bonds. The summed E-state index contributed by atoms with van der Waals surface area (Å²) < 4.78 is 22.8. The Morgan fingerprint density at radius 3 is 1.81 bits per heavy atom. The molecule has 1 rings (SSSR count). The van der Waals surface area contributed by atoms with Gasteiger partial charge >= 0.3 is 7.82 Å². The first-order chi connectivity index (χ1) is 12.8. The maximum Gasteiger partial charge on any atom is 0.472 e. The fraction of sp³-hybridized carbons (Fsp3) is 1.00. The van der Waals surface area contributed by atoms with Gasteiger partial charge in [0.15, 0.2) is 0 Å². The molecule has 1 N–H and O–H groups in total. The summed E-state index contributed by atoms with van der Waals surface area (Å²) in [6.07, 6.45) is 18.4. The van der Waals surface area contributed by atoms with Crippen LogP contribution in [0, 0.1) is 5.92 Å². The van der Waals surface area contributed by atoms with Crippen LogP contribution in [0.15, 0.2) is 0 Å². The summed E-state index contributed by atoms with van der Waals surface area (Å²) in [5, 5.41) is 0. The van der Waals surface area contributed by atoms with Gasteiger partial charge < -0.3 is 9.38 Å². The number of hydrogen-bond acceptors (Lipinski definition) is 3. The van der Waals surface area contributed by atoms with Crippen molar-refractivity contribution < 1.29 is 23.0 Å². The molecule has 0 aromatic heterocycles. The van der Waals surface area contributed by atoms with Crippen molar-refractivity contribution in [3.8, 4) is 0 Å². The van der Waals surface area contributed by atoms with Crippen LogP contribution < -0.4 is 0 Å². The zero-order valence-electron chi connectivity index (χ0n) is 18.2. The molecule has 1 aliphatic carbocycles. The van der Waals surface area contributed by atoms with Gasteiger partial charge in [-0.1, -0.05) is 83.5 Å². The maximum atomic E-state index is 11.9. The quantitative estimate of drug-likeness (QED) is 0.278. The molecule has 0 radical (unpaired) electrons. The molecule has 0 saturated heterocycles. The van der Waals surface area contributed by atoms with E-state index in [-0.39, 0.29) is 6.61 Å². The molecule has 0 heterocycles. The van der Waals surface area contributed by atoms with E-state index in [1.165, 1.54) is 77.0 Å². The molecule has 0 bridgehead atoms. The molecular formula is C21H45NO4P+. The van der Waals surface area contributed by atoms with Gasteiger partial charge in [0, 0.05) is 0 Å². The van der Waals surface area contributed by atoms with Crippen molar-refractivity contribution in [1.29, 1.82) is 0 Å². The van der Waals surface area contributed by atoms with E-state index in [1.807, 2.05) is 21.1 Å². The molecule has 0 spiro atoms. The van der Waals surface area contributed by atoms with Crippen molar-refractivity contribution in [3.05, 3.63) is 0 Å². The molecule has 162 valence electrons. The van der Waals surface area contributed by atoms with Crippen LogP contribution in [0.4, 0.5) is 0 Å². The smallest absolute Gasteiger partial charge is 0.329 e. The highest BCUT2D eigenvalue weighted by molar-refractivity contribution is 7.47. The van der Waals surface area contributed by atoms with E-state index >= 15 is 0 Å². The largest absolute Gasteiger partial charge is 0.472 e.